The Kier molecular flexibility index (Phi) is 4.23. The summed E-state index contributed by atoms with van der Waals surface area (Å²) in [6, 6.07) is 9.82. The lowest BCUT2D eigenvalue weighted by atomic mass is 10.0. The molecule has 0 unspecified atom stereocenters. The lowest BCUT2D eigenvalue weighted by Gasteiger charge is -2.14. The Morgan fingerprint density at radius 3 is 2.20 bits per heavy atom. The first kappa shape index (κ1) is 14.3. The van der Waals surface area contributed by atoms with E-state index in [2.05, 4.69) is 0 Å². The Morgan fingerprint density at radius 2 is 1.55 bits per heavy atom. The van der Waals surface area contributed by atoms with E-state index in [9.17, 15) is 8.78 Å². The Bertz CT molecular complexity index is 609. The van der Waals surface area contributed by atoms with Crippen LogP contribution >= 0.6 is 0 Å². The molecule has 0 saturated carbocycles. The van der Waals surface area contributed by atoms with Gasteiger partial charge >= 0.3 is 0 Å². The molecule has 0 heterocycles. The fourth-order valence-corrected chi connectivity index (χ4v) is 1.95. The molecule has 0 bridgehead atoms. The number of ether oxygens (including phenoxy) is 2. The summed E-state index contributed by atoms with van der Waals surface area (Å²) in [4.78, 5) is 0. The SMILES string of the molecule is COc1ccccc1-c1ccc(OC(C)C)c(F)c1F. The van der Waals surface area contributed by atoms with Gasteiger partial charge in [-0.3, -0.25) is 0 Å². The van der Waals surface area contributed by atoms with Crippen LogP contribution in [0.5, 0.6) is 11.5 Å². The Labute approximate surface area is 117 Å². The highest BCUT2D eigenvalue weighted by Gasteiger charge is 2.18. The van der Waals surface area contributed by atoms with Crippen LogP contribution in [-0.2, 0) is 0 Å². The van der Waals surface area contributed by atoms with Crippen LogP contribution in [0.2, 0.25) is 0 Å². The van der Waals surface area contributed by atoms with Crippen molar-refractivity contribution in [1.29, 1.82) is 0 Å². The summed E-state index contributed by atoms with van der Waals surface area (Å²) in [6.07, 6.45) is -0.221. The number of halogens is 2. The predicted octanol–water partition coefficient (Wildman–Crippen LogP) is 4.43. The van der Waals surface area contributed by atoms with Gasteiger partial charge < -0.3 is 9.47 Å². The standard InChI is InChI=1S/C16H16F2O2/c1-10(2)20-14-9-8-12(15(17)16(14)18)11-6-4-5-7-13(11)19-3/h4-10H,1-3H3. The van der Waals surface area contributed by atoms with Gasteiger partial charge in [0.2, 0.25) is 5.82 Å². The highest BCUT2D eigenvalue weighted by atomic mass is 19.2. The van der Waals surface area contributed by atoms with Crippen molar-refractivity contribution in [2.24, 2.45) is 0 Å². The molecule has 0 radical (unpaired) electrons. The molecule has 0 spiro atoms. The monoisotopic (exact) mass is 278 g/mol. The van der Waals surface area contributed by atoms with Gasteiger partial charge in [-0.15, -0.1) is 0 Å². The zero-order valence-corrected chi connectivity index (χ0v) is 11.6. The van der Waals surface area contributed by atoms with Gasteiger partial charge in [-0.25, -0.2) is 4.39 Å². The number of hydrogen-bond acceptors (Lipinski definition) is 2. The first-order valence-corrected chi connectivity index (χ1v) is 6.32. The third kappa shape index (κ3) is 2.74. The van der Waals surface area contributed by atoms with Crippen LogP contribution in [0.15, 0.2) is 36.4 Å². The first-order valence-electron chi connectivity index (χ1n) is 6.32. The van der Waals surface area contributed by atoms with Crippen molar-refractivity contribution in [3.63, 3.8) is 0 Å². The summed E-state index contributed by atoms with van der Waals surface area (Å²) in [7, 11) is 1.49. The van der Waals surface area contributed by atoms with Crippen molar-refractivity contribution in [1.82, 2.24) is 0 Å². The van der Waals surface area contributed by atoms with Gasteiger partial charge in [-0.1, -0.05) is 18.2 Å². The van der Waals surface area contributed by atoms with Crippen molar-refractivity contribution in [3.8, 4) is 22.6 Å². The number of hydrogen-bond donors (Lipinski definition) is 0. The Hall–Kier alpha value is -2.10. The quantitative estimate of drug-likeness (QED) is 0.823. The molecule has 0 aromatic heterocycles. The second-order valence-corrected chi connectivity index (χ2v) is 4.61. The number of benzene rings is 2. The van der Waals surface area contributed by atoms with Gasteiger partial charge in [0.05, 0.1) is 13.2 Å². The smallest absolute Gasteiger partial charge is 0.201 e. The fourth-order valence-electron chi connectivity index (χ4n) is 1.95. The first-order chi connectivity index (χ1) is 9.54. The molecule has 0 fully saturated rings. The summed E-state index contributed by atoms with van der Waals surface area (Å²) in [5.74, 6) is -1.52. The average molecular weight is 278 g/mol. The molecule has 0 aliphatic carbocycles. The summed E-state index contributed by atoms with van der Waals surface area (Å²) in [5, 5.41) is 0. The van der Waals surface area contributed by atoms with E-state index in [1.165, 1.54) is 19.2 Å². The van der Waals surface area contributed by atoms with Crippen LogP contribution in [0.4, 0.5) is 8.78 Å². The van der Waals surface area contributed by atoms with Gasteiger partial charge in [-0.2, -0.15) is 4.39 Å². The number of para-hydroxylation sites is 1. The van der Waals surface area contributed by atoms with Crippen LogP contribution in [0.1, 0.15) is 13.8 Å². The maximum Gasteiger partial charge on any atom is 0.201 e. The summed E-state index contributed by atoms with van der Waals surface area (Å²) >= 11 is 0. The largest absolute Gasteiger partial charge is 0.496 e. The zero-order valence-electron chi connectivity index (χ0n) is 11.6. The topological polar surface area (TPSA) is 18.5 Å². The van der Waals surface area contributed by atoms with E-state index in [0.29, 0.717) is 11.3 Å². The van der Waals surface area contributed by atoms with E-state index in [4.69, 9.17) is 9.47 Å². The van der Waals surface area contributed by atoms with Crippen molar-refractivity contribution >= 4 is 0 Å². The van der Waals surface area contributed by atoms with E-state index in [1.807, 2.05) is 0 Å². The summed E-state index contributed by atoms with van der Waals surface area (Å²) < 4.78 is 38.6. The van der Waals surface area contributed by atoms with Crippen molar-refractivity contribution in [2.45, 2.75) is 20.0 Å². The Morgan fingerprint density at radius 1 is 0.850 bits per heavy atom. The molecule has 0 amide bonds. The lowest BCUT2D eigenvalue weighted by molar-refractivity contribution is 0.228. The normalized spacial score (nSPS) is 10.7. The third-order valence-electron chi connectivity index (χ3n) is 2.81. The van der Waals surface area contributed by atoms with Gasteiger partial charge in [0.1, 0.15) is 5.75 Å². The second kappa shape index (κ2) is 5.90. The third-order valence-corrected chi connectivity index (χ3v) is 2.81. The number of rotatable bonds is 4. The minimum absolute atomic E-state index is 0.0869. The maximum absolute atomic E-state index is 14.2. The zero-order chi connectivity index (χ0) is 14.7. The molecule has 0 saturated heterocycles. The predicted molar refractivity (Wildman–Crippen MR) is 74.1 cm³/mol. The van der Waals surface area contributed by atoms with Crippen molar-refractivity contribution in [3.05, 3.63) is 48.0 Å². The minimum atomic E-state index is -0.984. The minimum Gasteiger partial charge on any atom is -0.496 e. The molecule has 4 heteroatoms. The van der Waals surface area contributed by atoms with Crippen LogP contribution < -0.4 is 9.47 Å². The van der Waals surface area contributed by atoms with E-state index < -0.39 is 11.6 Å². The number of methoxy groups -OCH3 is 1. The molecule has 2 nitrogen and oxygen atoms in total. The lowest BCUT2D eigenvalue weighted by Crippen LogP contribution is -2.08. The second-order valence-electron chi connectivity index (χ2n) is 4.61. The molecule has 20 heavy (non-hydrogen) atoms. The van der Waals surface area contributed by atoms with Crippen molar-refractivity contribution in [2.75, 3.05) is 7.11 Å². The highest BCUT2D eigenvalue weighted by Crippen LogP contribution is 2.35. The Balaban J connectivity index is 2.51. The molecular formula is C16H16F2O2. The van der Waals surface area contributed by atoms with Crippen molar-refractivity contribution < 1.29 is 18.3 Å². The maximum atomic E-state index is 14.2. The van der Waals surface area contributed by atoms with E-state index in [1.54, 1.807) is 38.1 Å². The van der Waals surface area contributed by atoms with Gasteiger partial charge in [0.25, 0.3) is 0 Å². The molecule has 0 N–H and O–H groups in total. The average Bonchev–Trinajstić information content (AvgIpc) is 2.44. The van der Waals surface area contributed by atoms with Crippen LogP contribution in [0, 0.1) is 11.6 Å². The van der Waals surface area contributed by atoms with E-state index in [-0.39, 0.29) is 17.4 Å². The molecule has 0 atom stereocenters. The van der Waals surface area contributed by atoms with Gasteiger partial charge in [0.15, 0.2) is 11.6 Å². The van der Waals surface area contributed by atoms with E-state index >= 15 is 0 Å². The van der Waals surface area contributed by atoms with Gasteiger partial charge in [0, 0.05) is 11.1 Å². The molecular weight excluding hydrogens is 262 g/mol. The molecule has 2 aromatic rings. The van der Waals surface area contributed by atoms with Gasteiger partial charge in [-0.05, 0) is 32.0 Å². The molecule has 106 valence electrons. The molecule has 0 aliphatic heterocycles. The van der Waals surface area contributed by atoms with Crippen LogP contribution in [-0.4, -0.2) is 13.2 Å². The van der Waals surface area contributed by atoms with Crippen LogP contribution in [0.25, 0.3) is 11.1 Å². The van der Waals surface area contributed by atoms with E-state index in [0.717, 1.165) is 0 Å². The molecule has 2 aromatic carbocycles. The fraction of sp³-hybridized carbons (Fsp3) is 0.250. The van der Waals surface area contributed by atoms with Crippen LogP contribution in [0.3, 0.4) is 0 Å². The summed E-state index contributed by atoms with van der Waals surface area (Å²) in [6.45, 7) is 3.51. The molecule has 2 rings (SSSR count). The molecule has 0 aliphatic rings. The highest BCUT2D eigenvalue weighted by molar-refractivity contribution is 5.71. The summed E-state index contributed by atoms with van der Waals surface area (Å²) in [5.41, 5.74) is 0.651.